The minimum Gasteiger partial charge on any atom is -0.295 e. The second-order valence-electron chi connectivity index (χ2n) is 3.02. The normalized spacial score (nSPS) is 10.7. The van der Waals surface area contributed by atoms with Crippen LogP contribution in [0.1, 0.15) is 34.8 Å². The molecule has 0 unspecified atom stereocenters. The van der Waals surface area contributed by atoms with Crippen LogP contribution in [-0.2, 0) is 0 Å². The molecule has 0 amide bonds. The number of rotatable bonds is 2. The summed E-state index contributed by atoms with van der Waals surface area (Å²) in [5.74, 6) is -0.203. The van der Waals surface area contributed by atoms with E-state index in [0.29, 0.717) is 15.6 Å². The molecular weight excluding hydrogens is 254 g/mol. The first kappa shape index (κ1) is 11.3. The van der Waals surface area contributed by atoms with Crippen molar-refractivity contribution in [3.05, 3.63) is 33.3 Å². The Morgan fingerprint density at radius 2 is 2.00 bits per heavy atom. The van der Waals surface area contributed by atoms with Gasteiger partial charge in [-0.25, -0.2) is 8.78 Å². The molecule has 0 aliphatic rings. The highest BCUT2D eigenvalue weighted by Gasteiger charge is 2.16. The number of carbonyl (C=O) groups excluding carboxylic acids is 1. The topological polar surface area (TPSA) is 17.1 Å². The Labute approximate surface area is 89.3 Å². The quantitative estimate of drug-likeness (QED) is 0.739. The molecule has 0 bridgehead atoms. The number of hydrogen-bond donors (Lipinski definition) is 0. The van der Waals surface area contributed by atoms with Gasteiger partial charge in [0.25, 0.3) is 6.43 Å². The van der Waals surface area contributed by atoms with E-state index in [0.717, 1.165) is 0 Å². The van der Waals surface area contributed by atoms with Crippen LogP contribution in [0.4, 0.5) is 8.78 Å². The lowest BCUT2D eigenvalue weighted by molar-refractivity contribution is 0.101. The van der Waals surface area contributed by atoms with Crippen molar-refractivity contribution in [2.45, 2.75) is 20.3 Å². The summed E-state index contributed by atoms with van der Waals surface area (Å²) < 4.78 is 25.5. The SMILES string of the molecule is CC(=O)c1cc(Br)cc(C(F)F)c1C. The van der Waals surface area contributed by atoms with Crippen LogP contribution in [0.2, 0.25) is 0 Å². The van der Waals surface area contributed by atoms with Crippen LogP contribution in [-0.4, -0.2) is 5.78 Å². The van der Waals surface area contributed by atoms with Gasteiger partial charge in [-0.2, -0.15) is 0 Å². The first-order valence-electron chi connectivity index (χ1n) is 4.02. The molecule has 0 spiro atoms. The van der Waals surface area contributed by atoms with E-state index in [9.17, 15) is 13.6 Å². The smallest absolute Gasteiger partial charge is 0.264 e. The van der Waals surface area contributed by atoms with E-state index in [4.69, 9.17) is 0 Å². The molecule has 0 heterocycles. The molecule has 4 heteroatoms. The molecule has 0 saturated heterocycles. The van der Waals surface area contributed by atoms with Gasteiger partial charge in [0.05, 0.1) is 0 Å². The molecule has 0 saturated carbocycles. The molecule has 1 nitrogen and oxygen atoms in total. The summed E-state index contributed by atoms with van der Waals surface area (Å²) in [5.41, 5.74) is 0.606. The molecule has 14 heavy (non-hydrogen) atoms. The third-order valence-electron chi connectivity index (χ3n) is 2.03. The number of ketones is 1. The van der Waals surface area contributed by atoms with Gasteiger partial charge in [-0.3, -0.25) is 4.79 Å². The highest BCUT2D eigenvalue weighted by Crippen LogP contribution is 2.28. The summed E-state index contributed by atoms with van der Waals surface area (Å²) in [7, 11) is 0. The number of alkyl halides is 2. The van der Waals surface area contributed by atoms with Gasteiger partial charge in [0.15, 0.2) is 5.78 Å². The third kappa shape index (κ3) is 2.18. The molecule has 0 aliphatic carbocycles. The molecule has 0 N–H and O–H groups in total. The molecule has 76 valence electrons. The van der Waals surface area contributed by atoms with Crippen molar-refractivity contribution in [1.82, 2.24) is 0 Å². The van der Waals surface area contributed by atoms with Gasteiger partial charge in [0, 0.05) is 15.6 Å². The number of carbonyl (C=O) groups is 1. The molecule has 0 atom stereocenters. The van der Waals surface area contributed by atoms with E-state index in [1.54, 1.807) is 6.07 Å². The third-order valence-corrected chi connectivity index (χ3v) is 2.48. The van der Waals surface area contributed by atoms with Crippen LogP contribution < -0.4 is 0 Å². The maximum absolute atomic E-state index is 12.5. The summed E-state index contributed by atoms with van der Waals surface area (Å²) in [6.07, 6.45) is -2.55. The van der Waals surface area contributed by atoms with Gasteiger partial charge in [0.2, 0.25) is 0 Å². The van der Waals surface area contributed by atoms with E-state index in [1.165, 1.54) is 19.9 Å². The Kier molecular flexibility index (Phi) is 3.37. The lowest BCUT2D eigenvalue weighted by Gasteiger charge is -2.09. The number of hydrogen-bond acceptors (Lipinski definition) is 1. The molecule has 0 aromatic heterocycles. The number of benzene rings is 1. The Morgan fingerprint density at radius 1 is 1.43 bits per heavy atom. The second-order valence-corrected chi connectivity index (χ2v) is 3.94. The zero-order chi connectivity index (χ0) is 10.9. The minimum atomic E-state index is -2.55. The van der Waals surface area contributed by atoms with Gasteiger partial charge in [-0.15, -0.1) is 0 Å². The van der Waals surface area contributed by atoms with Crippen LogP contribution in [0.15, 0.2) is 16.6 Å². The average molecular weight is 263 g/mol. The van der Waals surface area contributed by atoms with E-state index < -0.39 is 6.43 Å². The van der Waals surface area contributed by atoms with Gasteiger partial charge in [0.1, 0.15) is 0 Å². The Balaban J connectivity index is 3.40. The predicted molar refractivity (Wildman–Crippen MR) is 53.8 cm³/mol. The summed E-state index contributed by atoms with van der Waals surface area (Å²) >= 11 is 3.10. The van der Waals surface area contributed by atoms with E-state index in [-0.39, 0.29) is 11.3 Å². The van der Waals surface area contributed by atoms with E-state index in [1.807, 2.05) is 0 Å². The van der Waals surface area contributed by atoms with Gasteiger partial charge >= 0.3 is 0 Å². The summed E-state index contributed by atoms with van der Waals surface area (Å²) in [5, 5.41) is 0. The minimum absolute atomic E-state index is 0.0930. The first-order valence-corrected chi connectivity index (χ1v) is 4.82. The van der Waals surface area contributed by atoms with Crippen LogP contribution in [0.3, 0.4) is 0 Å². The predicted octanol–water partition coefficient (Wildman–Crippen LogP) is 3.90. The number of halogens is 3. The van der Waals surface area contributed by atoms with Gasteiger partial charge in [-0.1, -0.05) is 15.9 Å². The summed E-state index contributed by atoms with van der Waals surface area (Å²) in [6.45, 7) is 2.90. The van der Waals surface area contributed by atoms with Crippen molar-refractivity contribution < 1.29 is 13.6 Å². The fraction of sp³-hybridized carbons (Fsp3) is 0.300. The van der Waals surface area contributed by atoms with Crippen molar-refractivity contribution in [3.8, 4) is 0 Å². The van der Waals surface area contributed by atoms with Crippen molar-refractivity contribution in [2.75, 3.05) is 0 Å². The fourth-order valence-corrected chi connectivity index (χ4v) is 1.77. The molecule has 0 aliphatic heterocycles. The molecular formula is C10H9BrF2O. The van der Waals surface area contributed by atoms with Crippen molar-refractivity contribution >= 4 is 21.7 Å². The van der Waals surface area contributed by atoms with Gasteiger partial charge in [-0.05, 0) is 31.5 Å². The lowest BCUT2D eigenvalue weighted by Crippen LogP contribution is -2.01. The molecule has 0 radical (unpaired) electrons. The maximum Gasteiger partial charge on any atom is 0.264 e. The van der Waals surface area contributed by atoms with Crippen molar-refractivity contribution in [2.24, 2.45) is 0 Å². The number of Topliss-reactive ketones (excluding diaryl/α,β-unsaturated/α-hetero) is 1. The van der Waals surface area contributed by atoms with Crippen LogP contribution in [0, 0.1) is 6.92 Å². The lowest BCUT2D eigenvalue weighted by atomic mass is 10.0. The molecule has 0 fully saturated rings. The Hall–Kier alpha value is -0.770. The van der Waals surface area contributed by atoms with Crippen LogP contribution in [0.25, 0.3) is 0 Å². The maximum atomic E-state index is 12.5. The molecule has 1 rings (SSSR count). The molecule has 1 aromatic rings. The highest BCUT2D eigenvalue weighted by molar-refractivity contribution is 9.10. The largest absolute Gasteiger partial charge is 0.295 e. The molecule has 1 aromatic carbocycles. The monoisotopic (exact) mass is 262 g/mol. The average Bonchev–Trinajstić information content (AvgIpc) is 2.07. The van der Waals surface area contributed by atoms with Crippen molar-refractivity contribution in [1.29, 1.82) is 0 Å². The highest BCUT2D eigenvalue weighted by atomic mass is 79.9. The Bertz CT molecular complexity index is 375. The first-order chi connectivity index (χ1) is 6.43. The summed E-state index contributed by atoms with van der Waals surface area (Å²) in [6, 6.07) is 2.90. The zero-order valence-corrected chi connectivity index (χ0v) is 9.36. The van der Waals surface area contributed by atoms with Gasteiger partial charge < -0.3 is 0 Å². The van der Waals surface area contributed by atoms with E-state index >= 15 is 0 Å². The zero-order valence-electron chi connectivity index (χ0n) is 7.77. The fourth-order valence-electron chi connectivity index (χ4n) is 1.29. The van der Waals surface area contributed by atoms with Crippen molar-refractivity contribution in [3.63, 3.8) is 0 Å². The van der Waals surface area contributed by atoms with Crippen LogP contribution >= 0.6 is 15.9 Å². The van der Waals surface area contributed by atoms with Crippen LogP contribution in [0.5, 0.6) is 0 Å². The Morgan fingerprint density at radius 3 is 2.43 bits per heavy atom. The second kappa shape index (κ2) is 4.17. The standard InChI is InChI=1S/C10H9BrF2O/c1-5-8(6(2)14)3-7(11)4-9(5)10(12)13/h3-4,10H,1-2H3. The summed E-state index contributed by atoms with van der Waals surface area (Å²) in [4.78, 5) is 11.1. The van der Waals surface area contributed by atoms with E-state index in [2.05, 4.69) is 15.9 Å².